The van der Waals surface area contributed by atoms with Crippen molar-refractivity contribution in [2.24, 2.45) is 0 Å². The molecule has 0 radical (unpaired) electrons. The molecule has 0 atom stereocenters. The number of nitrogens with zero attached hydrogens (tertiary/aromatic N) is 5. The van der Waals surface area contributed by atoms with E-state index in [1.165, 1.54) is 6.33 Å². The van der Waals surface area contributed by atoms with Gasteiger partial charge >= 0.3 is 5.76 Å². The fourth-order valence-electron chi connectivity index (χ4n) is 6.30. The van der Waals surface area contributed by atoms with Crippen LogP contribution in [0.25, 0.3) is 28.3 Å². The Bertz CT molecular complexity index is 1830. The predicted molar refractivity (Wildman–Crippen MR) is 161 cm³/mol. The molecule has 1 aliphatic carbocycles. The molecule has 1 fully saturated rings. The molecule has 0 aliphatic heterocycles. The Hall–Kier alpha value is -4.35. The number of hydrogen-bond donors (Lipinski definition) is 2. The molecule has 1 aliphatic rings. The fraction of sp³-hybridized carbons (Fsp3) is 0.406. The minimum absolute atomic E-state index is 0.0120. The molecule has 3 aromatic heterocycles. The summed E-state index contributed by atoms with van der Waals surface area (Å²) >= 11 is 0. The number of aliphatic hydroxyl groups is 1. The Balaban J connectivity index is 1.43. The van der Waals surface area contributed by atoms with Crippen molar-refractivity contribution in [2.75, 3.05) is 13.2 Å². The SMILES string of the molecule is CCCc1c(Cc2ccc(-c3ccccc3)c(-c3noc(=O)[nH]3)c2)c(=O)n(C2CCC(C)(OCCO)CC2)c2ncnn12. The summed E-state index contributed by atoms with van der Waals surface area (Å²) in [6.07, 6.45) is 6.46. The highest BCUT2D eigenvalue weighted by Gasteiger charge is 2.34. The lowest BCUT2D eigenvalue weighted by atomic mass is 9.83. The van der Waals surface area contributed by atoms with Crippen LogP contribution in [0.2, 0.25) is 0 Å². The van der Waals surface area contributed by atoms with Gasteiger partial charge in [0.25, 0.3) is 5.56 Å². The van der Waals surface area contributed by atoms with Crippen LogP contribution in [0.1, 0.15) is 68.8 Å². The van der Waals surface area contributed by atoms with Crippen LogP contribution in [0, 0.1) is 0 Å². The first-order chi connectivity index (χ1) is 20.9. The summed E-state index contributed by atoms with van der Waals surface area (Å²) in [5.41, 5.74) is 4.62. The van der Waals surface area contributed by atoms with Crippen molar-refractivity contribution < 1.29 is 14.4 Å². The molecule has 1 saturated carbocycles. The van der Waals surface area contributed by atoms with Crippen LogP contribution in [0.4, 0.5) is 0 Å². The third-order valence-electron chi connectivity index (χ3n) is 8.48. The Labute approximate surface area is 248 Å². The lowest BCUT2D eigenvalue weighted by molar-refractivity contribution is -0.0736. The molecule has 3 heterocycles. The zero-order chi connectivity index (χ0) is 30.0. The van der Waals surface area contributed by atoms with E-state index < -0.39 is 5.76 Å². The number of ether oxygens (including phenoxy) is 1. The molecule has 6 rings (SSSR count). The van der Waals surface area contributed by atoms with Crippen LogP contribution < -0.4 is 11.3 Å². The molecule has 11 nitrogen and oxygen atoms in total. The lowest BCUT2D eigenvalue weighted by Gasteiger charge is -2.38. The van der Waals surface area contributed by atoms with Crippen molar-refractivity contribution in [3.8, 4) is 22.5 Å². The Morgan fingerprint density at radius 2 is 1.91 bits per heavy atom. The zero-order valence-corrected chi connectivity index (χ0v) is 24.5. The molecule has 0 amide bonds. The van der Waals surface area contributed by atoms with Crippen LogP contribution in [0.5, 0.6) is 0 Å². The quantitative estimate of drug-likeness (QED) is 0.247. The largest absolute Gasteiger partial charge is 0.439 e. The molecule has 2 N–H and O–H groups in total. The number of hydrogen-bond acceptors (Lipinski definition) is 8. The smallest absolute Gasteiger partial charge is 0.394 e. The number of nitrogens with one attached hydrogen (secondary N) is 1. The fourth-order valence-corrected chi connectivity index (χ4v) is 6.30. The Morgan fingerprint density at radius 3 is 2.60 bits per heavy atom. The van der Waals surface area contributed by atoms with Gasteiger partial charge in [-0.25, -0.2) is 9.31 Å². The standard InChI is InChI=1S/C32H36N6O5/c1-3-7-27-26(19-21-10-11-24(22-8-5-4-6-9-22)25(18-21)28-35-31(41)43-36-28)29(40)37(30-33-20-34-38(27)30)23-12-14-32(2,15-13-23)42-17-16-39/h4-6,8-11,18,20,23,39H,3,7,12-17,19H2,1-2H3,(H,35,36,41). The summed E-state index contributed by atoms with van der Waals surface area (Å²) in [7, 11) is 0. The summed E-state index contributed by atoms with van der Waals surface area (Å²) in [6, 6.07) is 15.8. The monoisotopic (exact) mass is 584 g/mol. The van der Waals surface area contributed by atoms with E-state index in [9.17, 15) is 14.7 Å². The molecule has 224 valence electrons. The van der Waals surface area contributed by atoms with Gasteiger partial charge in [0, 0.05) is 23.6 Å². The van der Waals surface area contributed by atoms with E-state index in [1.54, 1.807) is 0 Å². The average molecular weight is 585 g/mol. The number of rotatable bonds is 10. The maximum absolute atomic E-state index is 14.4. The van der Waals surface area contributed by atoms with E-state index in [2.05, 4.69) is 34.1 Å². The maximum Gasteiger partial charge on any atom is 0.439 e. The Morgan fingerprint density at radius 1 is 1.12 bits per heavy atom. The van der Waals surface area contributed by atoms with Crippen LogP contribution in [0.3, 0.4) is 0 Å². The molecule has 5 aromatic rings. The van der Waals surface area contributed by atoms with Gasteiger partial charge in [-0.15, -0.1) is 0 Å². The molecule has 0 spiro atoms. The molecule has 2 aromatic carbocycles. The van der Waals surface area contributed by atoms with Crippen molar-refractivity contribution in [3.63, 3.8) is 0 Å². The summed E-state index contributed by atoms with van der Waals surface area (Å²) in [5.74, 6) is 0.258. The predicted octanol–water partition coefficient (Wildman–Crippen LogP) is 4.33. The molecular weight excluding hydrogens is 548 g/mol. The van der Waals surface area contributed by atoms with Gasteiger partial charge in [-0.05, 0) is 61.8 Å². The molecule has 43 heavy (non-hydrogen) atoms. The number of aryl methyl sites for hydroxylation is 1. The average Bonchev–Trinajstić information content (AvgIpc) is 3.69. The number of benzene rings is 2. The minimum atomic E-state index is -0.630. The maximum atomic E-state index is 14.4. The van der Waals surface area contributed by atoms with Gasteiger partial charge in [-0.2, -0.15) is 10.1 Å². The van der Waals surface area contributed by atoms with Crippen molar-refractivity contribution in [1.29, 1.82) is 0 Å². The third kappa shape index (κ3) is 5.70. The van der Waals surface area contributed by atoms with E-state index in [-0.39, 0.29) is 23.8 Å². The molecule has 0 bridgehead atoms. The van der Waals surface area contributed by atoms with Crippen LogP contribution in [-0.4, -0.2) is 53.2 Å². The summed E-state index contributed by atoms with van der Waals surface area (Å²) in [6.45, 7) is 4.45. The van der Waals surface area contributed by atoms with Crippen LogP contribution in [-0.2, 0) is 17.6 Å². The molecular formula is C32H36N6O5. The highest BCUT2D eigenvalue weighted by molar-refractivity contribution is 5.81. The van der Waals surface area contributed by atoms with E-state index in [4.69, 9.17) is 9.26 Å². The second-order valence-corrected chi connectivity index (χ2v) is 11.4. The van der Waals surface area contributed by atoms with Gasteiger partial charge in [0.15, 0.2) is 5.82 Å². The van der Waals surface area contributed by atoms with Crippen LogP contribution >= 0.6 is 0 Å². The van der Waals surface area contributed by atoms with Crippen molar-refractivity contribution in [1.82, 2.24) is 29.3 Å². The second kappa shape index (κ2) is 12.1. The highest BCUT2D eigenvalue weighted by Crippen LogP contribution is 2.37. The van der Waals surface area contributed by atoms with Gasteiger partial charge in [0.1, 0.15) is 6.33 Å². The number of aromatic nitrogens is 6. The van der Waals surface area contributed by atoms with E-state index in [0.717, 1.165) is 54.5 Å². The molecule has 11 heteroatoms. The third-order valence-corrected chi connectivity index (χ3v) is 8.48. The lowest BCUT2D eigenvalue weighted by Crippen LogP contribution is -2.39. The van der Waals surface area contributed by atoms with Gasteiger partial charge in [0.2, 0.25) is 5.78 Å². The minimum Gasteiger partial charge on any atom is -0.394 e. The van der Waals surface area contributed by atoms with Gasteiger partial charge in [-0.1, -0.05) is 61.0 Å². The van der Waals surface area contributed by atoms with E-state index in [1.807, 2.05) is 57.6 Å². The van der Waals surface area contributed by atoms with E-state index in [0.29, 0.717) is 42.2 Å². The van der Waals surface area contributed by atoms with Crippen molar-refractivity contribution >= 4 is 5.78 Å². The van der Waals surface area contributed by atoms with Crippen LogP contribution in [0.15, 0.2) is 69.0 Å². The zero-order valence-electron chi connectivity index (χ0n) is 24.5. The van der Waals surface area contributed by atoms with Gasteiger partial charge in [-0.3, -0.25) is 18.9 Å². The number of fused-ring (bicyclic) bond motifs is 1. The number of H-pyrrole nitrogens is 1. The number of aliphatic hydroxyl groups excluding tert-OH is 1. The molecule has 0 saturated heterocycles. The molecule has 0 unspecified atom stereocenters. The first-order valence-electron chi connectivity index (χ1n) is 14.9. The summed E-state index contributed by atoms with van der Waals surface area (Å²) in [4.78, 5) is 33.5. The summed E-state index contributed by atoms with van der Waals surface area (Å²) in [5, 5.41) is 17.8. The second-order valence-electron chi connectivity index (χ2n) is 11.4. The topological polar surface area (TPSA) is 141 Å². The van der Waals surface area contributed by atoms with Gasteiger partial charge < -0.3 is 9.84 Å². The van der Waals surface area contributed by atoms with E-state index >= 15 is 0 Å². The van der Waals surface area contributed by atoms with Crippen molar-refractivity contribution in [3.05, 3.63) is 92.6 Å². The first-order valence-corrected chi connectivity index (χ1v) is 14.9. The highest BCUT2D eigenvalue weighted by atomic mass is 16.5. The first kappa shape index (κ1) is 28.8. The van der Waals surface area contributed by atoms with Crippen molar-refractivity contribution in [2.45, 2.75) is 70.4 Å². The number of aromatic amines is 1. The van der Waals surface area contributed by atoms with Gasteiger partial charge in [0.05, 0.1) is 24.5 Å². The Kier molecular flexibility index (Phi) is 8.09. The normalized spacial score (nSPS) is 18.8. The summed E-state index contributed by atoms with van der Waals surface area (Å²) < 4.78 is 14.4.